The second-order valence-electron chi connectivity index (χ2n) is 6.16. The van der Waals surface area contributed by atoms with Crippen LogP contribution in [0.4, 0.5) is 0 Å². The van der Waals surface area contributed by atoms with Gasteiger partial charge in [-0.1, -0.05) is 40.5 Å². The molecule has 0 aromatic carbocycles. The van der Waals surface area contributed by atoms with E-state index in [0.29, 0.717) is 11.3 Å². The number of thioether (sulfide) groups is 1. The molecule has 0 spiro atoms. The fourth-order valence-corrected chi connectivity index (χ4v) is 4.24. The highest BCUT2D eigenvalue weighted by molar-refractivity contribution is 7.99. The van der Waals surface area contributed by atoms with Crippen molar-refractivity contribution in [2.75, 3.05) is 11.5 Å². The predicted molar refractivity (Wildman–Crippen MR) is 69.4 cm³/mol. The van der Waals surface area contributed by atoms with Crippen LogP contribution in [0, 0.1) is 11.3 Å². The summed E-state index contributed by atoms with van der Waals surface area (Å²) in [5.41, 5.74) is -0.0927. The molecule has 2 atom stereocenters. The monoisotopic (exact) mass is 230 g/mol. The van der Waals surface area contributed by atoms with Gasteiger partial charge >= 0.3 is 0 Å². The number of hydrogen-bond acceptors (Lipinski definition) is 2. The lowest BCUT2D eigenvalue weighted by Gasteiger charge is -2.42. The first-order chi connectivity index (χ1) is 6.87. The van der Waals surface area contributed by atoms with Crippen molar-refractivity contribution in [3.63, 3.8) is 0 Å². The number of rotatable bonds is 4. The minimum Gasteiger partial charge on any atom is -0.389 e. The van der Waals surface area contributed by atoms with E-state index < -0.39 is 5.60 Å². The van der Waals surface area contributed by atoms with Crippen LogP contribution in [0.2, 0.25) is 0 Å². The molecule has 1 saturated heterocycles. The molecule has 1 aliphatic rings. The third kappa shape index (κ3) is 4.36. The minimum atomic E-state index is -0.402. The Labute approximate surface area is 99.0 Å². The lowest BCUT2D eigenvalue weighted by atomic mass is 9.77. The van der Waals surface area contributed by atoms with Crippen molar-refractivity contribution >= 4 is 11.8 Å². The highest BCUT2D eigenvalue weighted by atomic mass is 32.2. The SMILES string of the molecule is CCCC(C)CC1(O)CSCC(C)(C)C1. The van der Waals surface area contributed by atoms with Crippen LogP contribution < -0.4 is 0 Å². The summed E-state index contributed by atoms with van der Waals surface area (Å²) in [5.74, 6) is 2.79. The average molecular weight is 230 g/mol. The van der Waals surface area contributed by atoms with Crippen LogP contribution in [0.15, 0.2) is 0 Å². The lowest BCUT2D eigenvalue weighted by molar-refractivity contribution is -0.000986. The molecule has 2 unspecified atom stereocenters. The Morgan fingerprint density at radius 3 is 2.53 bits per heavy atom. The Hall–Kier alpha value is 0.310. The molecule has 1 aliphatic heterocycles. The first kappa shape index (κ1) is 13.4. The number of aliphatic hydroxyl groups is 1. The van der Waals surface area contributed by atoms with E-state index >= 15 is 0 Å². The highest BCUT2D eigenvalue weighted by Gasteiger charge is 2.39. The van der Waals surface area contributed by atoms with Crippen molar-refractivity contribution in [2.45, 2.75) is 59.0 Å². The van der Waals surface area contributed by atoms with Gasteiger partial charge < -0.3 is 5.11 Å². The van der Waals surface area contributed by atoms with Crippen molar-refractivity contribution in [3.05, 3.63) is 0 Å². The van der Waals surface area contributed by atoms with Gasteiger partial charge in [0.25, 0.3) is 0 Å². The summed E-state index contributed by atoms with van der Waals surface area (Å²) in [6.07, 6.45) is 4.43. The van der Waals surface area contributed by atoms with E-state index in [0.717, 1.165) is 18.6 Å². The van der Waals surface area contributed by atoms with Gasteiger partial charge in [0.15, 0.2) is 0 Å². The van der Waals surface area contributed by atoms with Gasteiger partial charge in [0.1, 0.15) is 0 Å². The van der Waals surface area contributed by atoms with E-state index in [1.807, 2.05) is 11.8 Å². The van der Waals surface area contributed by atoms with Gasteiger partial charge in [0, 0.05) is 5.75 Å². The molecule has 0 saturated carbocycles. The Morgan fingerprint density at radius 2 is 2.00 bits per heavy atom. The average Bonchev–Trinajstić information content (AvgIpc) is 1.99. The quantitative estimate of drug-likeness (QED) is 0.794. The van der Waals surface area contributed by atoms with Crippen LogP contribution >= 0.6 is 11.8 Å². The normalized spacial score (nSPS) is 32.6. The van der Waals surface area contributed by atoms with E-state index in [1.165, 1.54) is 18.6 Å². The topological polar surface area (TPSA) is 20.2 Å². The van der Waals surface area contributed by atoms with E-state index in [9.17, 15) is 5.11 Å². The van der Waals surface area contributed by atoms with E-state index in [4.69, 9.17) is 0 Å². The van der Waals surface area contributed by atoms with Gasteiger partial charge in [-0.05, 0) is 29.9 Å². The Bertz CT molecular complexity index is 203. The standard InChI is InChI=1S/C13H26OS/c1-5-6-11(2)7-13(14)8-12(3,4)9-15-10-13/h11,14H,5-10H2,1-4H3. The Balaban J connectivity index is 2.50. The third-order valence-corrected chi connectivity index (χ3v) is 4.91. The second-order valence-corrected chi connectivity index (χ2v) is 7.14. The Morgan fingerprint density at radius 1 is 1.33 bits per heavy atom. The summed E-state index contributed by atoms with van der Waals surface area (Å²) in [4.78, 5) is 0. The molecule has 0 amide bonds. The molecular formula is C13H26OS. The first-order valence-corrected chi connectivity index (χ1v) is 7.32. The summed E-state index contributed by atoms with van der Waals surface area (Å²) >= 11 is 1.92. The fourth-order valence-electron chi connectivity index (χ4n) is 2.88. The van der Waals surface area contributed by atoms with E-state index in [2.05, 4.69) is 27.7 Å². The van der Waals surface area contributed by atoms with Gasteiger partial charge in [-0.15, -0.1) is 0 Å². The lowest BCUT2D eigenvalue weighted by Crippen LogP contribution is -2.43. The molecule has 0 bridgehead atoms. The highest BCUT2D eigenvalue weighted by Crippen LogP contribution is 2.42. The van der Waals surface area contributed by atoms with Gasteiger partial charge in [-0.2, -0.15) is 11.8 Å². The molecule has 2 heteroatoms. The maximum Gasteiger partial charge on any atom is 0.0745 e. The van der Waals surface area contributed by atoms with Crippen molar-refractivity contribution in [2.24, 2.45) is 11.3 Å². The van der Waals surface area contributed by atoms with Crippen molar-refractivity contribution < 1.29 is 5.11 Å². The van der Waals surface area contributed by atoms with Gasteiger partial charge in [0.2, 0.25) is 0 Å². The molecule has 1 fully saturated rings. The zero-order valence-corrected chi connectivity index (χ0v) is 11.5. The molecule has 1 heterocycles. The zero-order valence-electron chi connectivity index (χ0n) is 10.7. The fraction of sp³-hybridized carbons (Fsp3) is 1.00. The smallest absolute Gasteiger partial charge is 0.0745 e. The maximum atomic E-state index is 10.6. The van der Waals surface area contributed by atoms with Crippen LogP contribution in [-0.2, 0) is 0 Å². The van der Waals surface area contributed by atoms with Gasteiger partial charge in [0.05, 0.1) is 5.60 Å². The molecule has 1 N–H and O–H groups in total. The Kier molecular flexibility index (Phi) is 4.54. The summed E-state index contributed by atoms with van der Waals surface area (Å²) < 4.78 is 0. The summed E-state index contributed by atoms with van der Waals surface area (Å²) in [6.45, 7) is 9.04. The number of hydrogen-bond donors (Lipinski definition) is 1. The molecule has 0 aliphatic carbocycles. The molecule has 1 nitrogen and oxygen atoms in total. The molecule has 15 heavy (non-hydrogen) atoms. The van der Waals surface area contributed by atoms with Crippen LogP contribution in [0.1, 0.15) is 53.4 Å². The largest absolute Gasteiger partial charge is 0.389 e. The van der Waals surface area contributed by atoms with Crippen molar-refractivity contribution in [1.29, 1.82) is 0 Å². The first-order valence-electron chi connectivity index (χ1n) is 6.17. The molecule has 0 radical (unpaired) electrons. The molecule has 1 rings (SSSR count). The van der Waals surface area contributed by atoms with Crippen LogP contribution in [0.3, 0.4) is 0 Å². The summed E-state index contributed by atoms with van der Waals surface area (Å²) in [7, 11) is 0. The molecular weight excluding hydrogens is 204 g/mol. The summed E-state index contributed by atoms with van der Waals surface area (Å²) in [6, 6.07) is 0. The maximum absolute atomic E-state index is 10.6. The molecule has 90 valence electrons. The third-order valence-electron chi connectivity index (χ3n) is 3.18. The van der Waals surface area contributed by atoms with Crippen molar-refractivity contribution in [3.8, 4) is 0 Å². The molecule has 0 aromatic rings. The zero-order chi connectivity index (χ0) is 11.5. The summed E-state index contributed by atoms with van der Waals surface area (Å²) in [5, 5.41) is 10.6. The predicted octanol–water partition coefficient (Wildman–Crippen LogP) is 3.71. The van der Waals surface area contributed by atoms with Gasteiger partial charge in [-0.3, -0.25) is 0 Å². The minimum absolute atomic E-state index is 0.309. The van der Waals surface area contributed by atoms with E-state index in [-0.39, 0.29) is 0 Å². The van der Waals surface area contributed by atoms with Gasteiger partial charge in [-0.25, -0.2) is 0 Å². The van der Waals surface area contributed by atoms with Crippen LogP contribution in [-0.4, -0.2) is 22.2 Å². The van der Waals surface area contributed by atoms with E-state index in [1.54, 1.807) is 0 Å². The van der Waals surface area contributed by atoms with Crippen molar-refractivity contribution in [1.82, 2.24) is 0 Å². The molecule has 0 aromatic heterocycles. The second kappa shape index (κ2) is 5.09. The van der Waals surface area contributed by atoms with Crippen LogP contribution in [0.25, 0.3) is 0 Å². The van der Waals surface area contributed by atoms with Crippen LogP contribution in [0.5, 0.6) is 0 Å².